The highest BCUT2D eigenvalue weighted by Gasteiger charge is 2.24. The van der Waals surface area contributed by atoms with Gasteiger partial charge in [0.1, 0.15) is 0 Å². The molecule has 3 heteroatoms. The van der Waals surface area contributed by atoms with Gasteiger partial charge >= 0.3 is 0 Å². The molecular weight excluding hydrogens is 332 g/mol. The Hall–Kier alpha value is -2.13. The Morgan fingerprint density at radius 1 is 1.00 bits per heavy atom. The Balaban J connectivity index is 1.34. The molecule has 1 N–H and O–H groups in total. The van der Waals surface area contributed by atoms with E-state index in [1.807, 2.05) is 0 Å². The van der Waals surface area contributed by atoms with Crippen LogP contribution in [0.5, 0.6) is 0 Å². The highest BCUT2D eigenvalue weighted by atomic mass is 16.1. The molecule has 3 nitrogen and oxygen atoms in total. The SMILES string of the molecule is Cc1cccc(CCCNC(=O)C2CCN(Cc3cccc(C)c3)CC2)c1. The minimum Gasteiger partial charge on any atom is -0.356 e. The predicted molar refractivity (Wildman–Crippen MR) is 112 cm³/mol. The van der Waals surface area contributed by atoms with Gasteiger partial charge in [-0.15, -0.1) is 0 Å². The van der Waals surface area contributed by atoms with Crippen LogP contribution in [0.3, 0.4) is 0 Å². The number of carbonyl (C=O) groups excluding carboxylic acids is 1. The van der Waals surface area contributed by atoms with Gasteiger partial charge in [-0.25, -0.2) is 0 Å². The zero-order chi connectivity index (χ0) is 19.1. The zero-order valence-corrected chi connectivity index (χ0v) is 16.7. The van der Waals surface area contributed by atoms with Gasteiger partial charge in [-0.1, -0.05) is 59.7 Å². The summed E-state index contributed by atoms with van der Waals surface area (Å²) in [4.78, 5) is 14.9. The molecule has 0 saturated carbocycles. The Morgan fingerprint density at radius 2 is 1.63 bits per heavy atom. The number of nitrogens with one attached hydrogen (secondary N) is 1. The standard InChI is InChI=1S/C24H32N2O/c1-19-6-3-8-21(16-19)10-5-13-25-24(27)23-11-14-26(15-12-23)18-22-9-4-7-20(2)17-22/h3-4,6-9,16-17,23H,5,10-15,18H2,1-2H3,(H,25,27). The second-order valence-electron chi connectivity index (χ2n) is 7.92. The van der Waals surface area contributed by atoms with E-state index in [9.17, 15) is 4.79 Å². The van der Waals surface area contributed by atoms with E-state index >= 15 is 0 Å². The van der Waals surface area contributed by atoms with Gasteiger partial charge in [-0.3, -0.25) is 9.69 Å². The molecule has 0 radical (unpaired) electrons. The number of likely N-dealkylation sites (tertiary alicyclic amines) is 1. The van der Waals surface area contributed by atoms with E-state index in [-0.39, 0.29) is 11.8 Å². The molecule has 1 heterocycles. The molecule has 0 aliphatic carbocycles. The van der Waals surface area contributed by atoms with Gasteiger partial charge in [-0.05, 0) is 63.7 Å². The third kappa shape index (κ3) is 6.21. The fourth-order valence-electron chi connectivity index (χ4n) is 3.94. The normalized spacial score (nSPS) is 15.6. The first-order valence-electron chi connectivity index (χ1n) is 10.2. The third-order valence-corrected chi connectivity index (χ3v) is 5.47. The molecule has 1 fully saturated rings. The second-order valence-corrected chi connectivity index (χ2v) is 7.92. The van der Waals surface area contributed by atoms with Crippen molar-refractivity contribution in [1.82, 2.24) is 10.2 Å². The summed E-state index contributed by atoms with van der Waals surface area (Å²) in [7, 11) is 0. The van der Waals surface area contributed by atoms with E-state index in [4.69, 9.17) is 0 Å². The number of nitrogens with zero attached hydrogens (tertiary/aromatic N) is 1. The minimum atomic E-state index is 0.178. The lowest BCUT2D eigenvalue weighted by atomic mass is 9.95. The molecule has 0 unspecified atom stereocenters. The first-order valence-corrected chi connectivity index (χ1v) is 10.2. The van der Waals surface area contributed by atoms with Crippen LogP contribution >= 0.6 is 0 Å². The number of aryl methyl sites for hydroxylation is 3. The highest BCUT2D eigenvalue weighted by Crippen LogP contribution is 2.19. The lowest BCUT2D eigenvalue weighted by Gasteiger charge is -2.31. The lowest BCUT2D eigenvalue weighted by molar-refractivity contribution is -0.126. The number of hydrogen-bond acceptors (Lipinski definition) is 2. The molecule has 1 amide bonds. The smallest absolute Gasteiger partial charge is 0.223 e. The highest BCUT2D eigenvalue weighted by molar-refractivity contribution is 5.78. The Labute approximate surface area is 163 Å². The molecule has 1 aliphatic rings. The van der Waals surface area contributed by atoms with E-state index in [1.54, 1.807) is 0 Å². The average Bonchev–Trinajstić information content (AvgIpc) is 2.66. The Bertz CT molecular complexity index is 748. The summed E-state index contributed by atoms with van der Waals surface area (Å²) in [6, 6.07) is 17.3. The van der Waals surface area contributed by atoms with E-state index in [0.717, 1.165) is 51.9 Å². The van der Waals surface area contributed by atoms with Crippen LogP contribution in [0, 0.1) is 19.8 Å². The van der Waals surface area contributed by atoms with Crippen LogP contribution in [0.4, 0.5) is 0 Å². The van der Waals surface area contributed by atoms with Crippen LogP contribution in [0.25, 0.3) is 0 Å². The van der Waals surface area contributed by atoms with Crippen LogP contribution in [0.1, 0.15) is 41.5 Å². The van der Waals surface area contributed by atoms with Gasteiger partial charge in [0, 0.05) is 19.0 Å². The summed E-state index contributed by atoms with van der Waals surface area (Å²) < 4.78 is 0. The molecule has 0 spiro atoms. The number of carbonyl (C=O) groups is 1. The number of rotatable bonds is 7. The molecule has 0 aromatic heterocycles. The van der Waals surface area contributed by atoms with Crippen molar-refractivity contribution in [3.05, 3.63) is 70.8 Å². The fourth-order valence-corrected chi connectivity index (χ4v) is 3.94. The summed E-state index contributed by atoms with van der Waals surface area (Å²) in [6.07, 6.45) is 3.96. The van der Waals surface area contributed by atoms with Crippen molar-refractivity contribution in [1.29, 1.82) is 0 Å². The van der Waals surface area contributed by atoms with Crippen LogP contribution in [-0.2, 0) is 17.8 Å². The maximum atomic E-state index is 12.4. The summed E-state index contributed by atoms with van der Waals surface area (Å²) >= 11 is 0. The largest absolute Gasteiger partial charge is 0.356 e. The van der Waals surface area contributed by atoms with Crippen molar-refractivity contribution < 1.29 is 4.79 Å². The van der Waals surface area contributed by atoms with Gasteiger partial charge in [0.2, 0.25) is 5.91 Å². The average molecular weight is 365 g/mol. The monoisotopic (exact) mass is 364 g/mol. The van der Waals surface area contributed by atoms with Crippen molar-refractivity contribution in [3.8, 4) is 0 Å². The van der Waals surface area contributed by atoms with E-state index in [2.05, 4.69) is 72.6 Å². The molecule has 0 bridgehead atoms. The molecule has 0 atom stereocenters. The maximum absolute atomic E-state index is 12.4. The maximum Gasteiger partial charge on any atom is 0.223 e. The summed E-state index contributed by atoms with van der Waals surface area (Å²) in [6.45, 7) is 8.04. The van der Waals surface area contributed by atoms with Crippen LogP contribution < -0.4 is 5.32 Å². The van der Waals surface area contributed by atoms with Crippen molar-refractivity contribution in [2.75, 3.05) is 19.6 Å². The predicted octanol–water partition coefficient (Wildman–Crippen LogP) is 4.26. The zero-order valence-electron chi connectivity index (χ0n) is 16.7. The molecule has 144 valence electrons. The molecule has 27 heavy (non-hydrogen) atoms. The molecule has 2 aromatic carbocycles. The summed E-state index contributed by atoms with van der Waals surface area (Å²) in [5, 5.41) is 3.15. The van der Waals surface area contributed by atoms with Crippen LogP contribution in [0.15, 0.2) is 48.5 Å². The van der Waals surface area contributed by atoms with E-state index < -0.39 is 0 Å². The number of benzene rings is 2. The molecule has 2 aromatic rings. The van der Waals surface area contributed by atoms with E-state index in [0.29, 0.717) is 0 Å². The van der Waals surface area contributed by atoms with Gasteiger partial charge in [0.05, 0.1) is 0 Å². The van der Waals surface area contributed by atoms with E-state index in [1.165, 1.54) is 22.3 Å². The lowest BCUT2D eigenvalue weighted by Crippen LogP contribution is -2.40. The van der Waals surface area contributed by atoms with Crippen molar-refractivity contribution >= 4 is 5.91 Å². The first-order chi connectivity index (χ1) is 13.1. The Kier molecular flexibility index (Phi) is 7.05. The van der Waals surface area contributed by atoms with Crippen molar-refractivity contribution in [2.24, 2.45) is 5.92 Å². The second kappa shape index (κ2) is 9.70. The third-order valence-electron chi connectivity index (χ3n) is 5.47. The van der Waals surface area contributed by atoms with Gasteiger partial charge in [0.15, 0.2) is 0 Å². The number of hydrogen-bond donors (Lipinski definition) is 1. The molecule has 3 rings (SSSR count). The fraction of sp³-hybridized carbons (Fsp3) is 0.458. The first kappa shape index (κ1) is 19.6. The number of amides is 1. The Morgan fingerprint density at radius 3 is 2.30 bits per heavy atom. The molecule has 1 aliphatic heterocycles. The quantitative estimate of drug-likeness (QED) is 0.745. The summed E-state index contributed by atoms with van der Waals surface area (Å²) in [5.74, 6) is 0.423. The number of piperidine rings is 1. The van der Waals surface area contributed by atoms with Crippen molar-refractivity contribution in [3.63, 3.8) is 0 Å². The van der Waals surface area contributed by atoms with Crippen LogP contribution in [-0.4, -0.2) is 30.4 Å². The van der Waals surface area contributed by atoms with Crippen LogP contribution in [0.2, 0.25) is 0 Å². The van der Waals surface area contributed by atoms with Crippen molar-refractivity contribution in [2.45, 2.75) is 46.1 Å². The minimum absolute atomic E-state index is 0.178. The van der Waals surface area contributed by atoms with Gasteiger partial charge in [-0.2, -0.15) is 0 Å². The van der Waals surface area contributed by atoms with Gasteiger partial charge in [0.25, 0.3) is 0 Å². The molecular formula is C24H32N2O. The molecule has 1 saturated heterocycles. The summed E-state index contributed by atoms with van der Waals surface area (Å²) in [5.41, 5.74) is 5.34. The topological polar surface area (TPSA) is 32.3 Å². The van der Waals surface area contributed by atoms with Gasteiger partial charge < -0.3 is 5.32 Å².